The summed E-state index contributed by atoms with van der Waals surface area (Å²) in [5, 5.41) is 61.1. The van der Waals surface area contributed by atoms with Crippen LogP contribution >= 0.6 is 0 Å². The summed E-state index contributed by atoms with van der Waals surface area (Å²) in [6.45, 7) is 9.47. The lowest BCUT2D eigenvalue weighted by Gasteiger charge is -2.36. The largest absolute Gasteiger partial charge is 0.508 e. The molecule has 0 aliphatic carbocycles. The number of nitrogens with two attached hydrogens (primary N) is 3. The lowest BCUT2D eigenvalue weighted by atomic mass is 9.77. The van der Waals surface area contributed by atoms with Crippen molar-refractivity contribution in [2.24, 2.45) is 35.0 Å². The van der Waals surface area contributed by atoms with E-state index in [-0.39, 0.29) is 84.3 Å². The van der Waals surface area contributed by atoms with E-state index in [9.17, 15) is 78.0 Å². The van der Waals surface area contributed by atoms with Gasteiger partial charge >= 0.3 is 11.9 Å². The molecule has 4 aromatic carbocycles. The van der Waals surface area contributed by atoms with Crippen LogP contribution in [-0.2, 0) is 64.7 Å². The van der Waals surface area contributed by atoms with Gasteiger partial charge in [-0.3, -0.25) is 52.7 Å². The normalized spacial score (nSPS) is 15.7. The Morgan fingerprint density at radius 1 is 0.558 bits per heavy atom. The smallest absolute Gasteiger partial charge is 0.340 e. The molecule has 2 heterocycles. The molecular weight excluding hydrogens is 1230 g/mol. The third kappa shape index (κ3) is 19.0. The average Bonchev–Trinajstić information content (AvgIpc) is 1.61. The van der Waals surface area contributed by atoms with Crippen LogP contribution < -0.4 is 64.5 Å². The van der Waals surface area contributed by atoms with Gasteiger partial charge in [0.2, 0.25) is 53.2 Å². The second-order valence-electron chi connectivity index (χ2n) is 24.2. The number of carbonyl (C=O) groups excluding carboxylic acids is 11. The molecule has 10 atom stereocenters. The fourth-order valence-corrected chi connectivity index (χ4v) is 11.0. The molecule has 95 heavy (non-hydrogen) atoms. The number of rotatable bonds is 35. The number of aliphatic hydroxyl groups excluding tert-OH is 1. The van der Waals surface area contributed by atoms with Crippen LogP contribution in [0.2, 0.25) is 0 Å². The maximum atomic E-state index is 14.5. The monoisotopic (exact) mass is 1320 g/mol. The number of nitrogens with one attached hydrogen (secondary N) is 8. The Labute approximate surface area is 548 Å². The van der Waals surface area contributed by atoms with Crippen molar-refractivity contribution in [1.29, 1.82) is 0 Å². The molecule has 0 saturated heterocycles. The molecule has 0 bridgehead atoms. The number of ether oxygens (including phenoxy) is 2. The van der Waals surface area contributed by atoms with Gasteiger partial charge in [0.05, 0.1) is 18.6 Å². The molecule has 6 rings (SSSR count). The van der Waals surface area contributed by atoms with E-state index in [4.69, 9.17) is 26.7 Å². The highest BCUT2D eigenvalue weighted by Crippen LogP contribution is 2.57. The molecule has 0 radical (unpaired) electrons. The topological polar surface area (TPSA) is 479 Å². The number of fused-ring (bicyclic) bond motifs is 6. The summed E-state index contributed by atoms with van der Waals surface area (Å²) < 4.78 is 12.1. The first-order valence-electron chi connectivity index (χ1n) is 31.4. The Bertz CT molecular complexity index is 3460. The van der Waals surface area contributed by atoms with Crippen molar-refractivity contribution in [2.75, 3.05) is 13.2 Å². The van der Waals surface area contributed by atoms with Crippen LogP contribution in [0.4, 0.5) is 0 Å². The second kappa shape index (κ2) is 33.6. The van der Waals surface area contributed by atoms with E-state index in [0.717, 1.165) is 0 Å². The Kier molecular flexibility index (Phi) is 26.1. The van der Waals surface area contributed by atoms with Crippen LogP contribution in [0.25, 0.3) is 0 Å². The highest BCUT2D eigenvalue weighted by atomic mass is 16.6. The summed E-state index contributed by atoms with van der Waals surface area (Å²) in [6.07, 6.45) is -0.842. The molecule has 18 N–H and O–H groups in total. The van der Waals surface area contributed by atoms with E-state index in [1.165, 1.54) is 54.6 Å². The fourth-order valence-electron chi connectivity index (χ4n) is 11.0. The van der Waals surface area contributed by atoms with Gasteiger partial charge in [-0.15, -0.1) is 0 Å². The number of phenols is 2. The van der Waals surface area contributed by atoms with Gasteiger partial charge in [-0.25, -0.2) is 4.79 Å². The molecule has 512 valence electrons. The molecule has 1 spiro atoms. The molecule has 29 heteroatoms. The standard InChI is InChI=1S/C66H85N11O18/c1-7-34(5)54(77-64(92)55(35(6)8-2)76-62(90)49(32-78)75-57(85)37-17-20-41-40(28-37)65(93)95-66(41)42-21-18-38(79)29-50(42)94-51-30-39(80)19-22-43(51)66)63(91)74-48(31-52(68)81)61(89)73-47(27-36-14-10-9-11-15-36)60(88)71-45(23-24-53(82)83)59(87)70-44(16-12-13-25-67)58(86)72-46(56(69)84)26-33(3)4/h9-11,14-15,17-22,28-30,33-35,44-49,54-55,78-80H,7-8,12-13,16,23-27,31-32,67H2,1-6H3,(H2,68,81)(H2,69,84)(H,70,87)(H,71,88)(H,72,86)(H,73,89)(H,74,91)(H,75,85)(H,76,90)(H,77,92)(H,82,83). The number of benzene rings is 4. The highest BCUT2D eigenvalue weighted by molar-refractivity contribution is 6.04. The minimum Gasteiger partial charge on any atom is -0.508 e. The Balaban J connectivity index is 1.19. The number of hydrogen-bond acceptors (Lipinski definition) is 18. The summed E-state index contributed by atoms with van der Waals surface area (Å²) in [4.78, 5) is 164. The number of hydrogen-bond donors (Lipinski definition) is 15. The number of aliphatic carboxylic acids is 1. The SMILES string of the molecule is CCC(C)C(NC(=O)C(CO)NC(=O)c1ccc2c(c1)C(=O)OC21c2ccc(O)cc2Oc2cc(O)ccc21)C(=O)NC(C(=O)NC(CC(N)=O)C(=O)NC(Cc1ccccc1)C(=O)NC(CCC(=O)O)C(=O)NC(CCCCN)C(=O)NC(CC(C)C)C(N)=O)C(C)CC. The summed E-state index contributed by atoms with van der Waals surface area (Å²) >= 11 is 0. The summed E-state index contributed by atoms with van der Waals surface area (Å²) in [6, 6.07) is 8.47. The van der Waals surface area contributed by atoms with Crippen molar-refractivity contribution in [3.8, 4) is 23.0 Å². The van der Waals surface area contributed by atoms with Gasteiger partial charge in [0.1, 0.15) is 71.3 Å². The maximum Gasteiger partial charge on any atom is 0.340 e. The lowest BCUT2D eigenvalue weighted by molar-refractivity contribution is -0.139. The number of carboxylic acids is 1. The molecule has 2 aliphatic heterocycles. The first kappa shape index (κ1) is 73.9. The number of carbonyl (C=O) groups is 12. The number of carboxylic acid groups (broad SMARTS) is 1. The van der Waals surface area contributed by atoms with Crippen molar-refractivity contribution in [2.45, 2.75) is 160 Å². The number of primary amides is 2. The van der Waals surface area contributed by atoms with Crippen molar-refractivity contribution in [3.63, 3.8) is 0 Å². The molecule has 4 aromatic rings. The van der Waals surface area contributed by atoms with Gasteiger partial charge in [-0.2, -0.15) is 0 Å². The van der Waals surface area contributed by atoms with Crippen molar-refractivity contribution in [3.05, 3.63) is 118 Å². The molecule has 0 aromatic heterocycles. The zero-order valence-corrected chi connectivity index (χ0v) is 53.7. The molecule has 10 amide bonds. The van der Waals surface area contributed by atoms with Gasteiger partial charge in [0, 0.05) is 47.2 Å². The van der Waals surface area contributed by atoms with Crippen LogP contribution in [0.3, 0.4) is 0 Å². The van der Waals surface area contributed by atoms with E-state index < -0.39 is 163 Å². The molecule has 2 aliphatic rings. The molecular formula is C66H85N11O18. The van der Waals surface area contributed by atoms with Crippen LogP contribution in [-0.4, -0.2) is 153 Å². The number of phenolic OH excluding ortho intramolecular Hbond substituents is 2. The second-order valence-corrected chi connectivity index (χ2v) is 24.2. The number of aliphatic hydroxyl groups is 1. The number of amides is 10. The van der Waals surface area contributed by atoms with Crippen LogP contribution in [0.5, 0.6) is 23.0 Å². The minimum atomic E-state index is -1.83. The van der Waals surface area contributed by atoms with Crippen LogP contribution in [0.1, 0.15) is 142 Å². The van der Waals surface area contributed by atoms with Crippen molar-refractivity contribution in [1.82, 2.24) is 42.5 Å². The van der Waals surface area contributed by atoms with Gasteiger partial charge in [-0.05, 0) is 98.4 Å². The van der Waals surface area contributed by atoms with Crippen molar-refractivity contribution >= 4 is 71.0 Å². The molecule has 10 unspecified atom stereocenters. The third-order valence-corrected chi connectivity index (χ3v) is 16.6. The molecule has 29 nitrogen and oxygen atoms in total. The van der Waals surface area contributed by atoms with Gasteiger partial charge in [0.15, 0.2) is 5.60 Å². The van der Waals surface area contributed by atoms with Crippen molar-refractivity contribution < 1.29 is 87.4 Å². The summed E-state index contributed by atoms with van der Waals surface area (Å²) in [7, 11) is 0. The van der Waals surface area contributed by atoms with Gasteiger partial charge < -0.3 is 89.6 Å². The van der Waals surface area contributed by atoms with Gasteiger partial charge in [0.25, 0.3) is 5.91 Å². The summed E-state index contributed by atoms with van der Waals surface area (Å²) in [5.41, 5.74) is 16.4. The first-order chi connectivity index (χ1) is 45.0. The van der Waals surface area contributed by atoms with E-state index in [1.807, 2.05) is 0 Å². The van der Waals surface area contributed by atoms with Crippen LogP contribution in [0.15, 0.2) is 84.9 Å². The third-order valence-electron chi connectivity index (χ3n) is 16.6. The predicted molar refractivity (Wildman–Crippen MR) is 341 cm³/mol. The Morgan fingerprint density at radius 3 is 1.58 bits per heavy atom. The molecule has 0 saturated carbocycles. The van der Waals surface area contributed by atoms with E-state index in [0.29, 0.717) is 29.5 Å². The first-order valence-corrected chi connectivity index (χ1v) is 31.4. The average molecular weight is 1320 g/mol. The Hall–Kier alpha value is -10.2. The maximum absolute atomic E-state index is 14.5. The van der Waals surface area contributed by atoms with E-state index >= 15 is 0 Å². The van der Waals surface area contributed by atoms with E-state index in [2.05, 4.69) is 42.5 Å². The zero-order valence-electron chi connectivity index (χ0n) is 53.7. The minimum absolute atomic E-state index is 0.0162. The Morgan fingerprint density at radius 2 is 1.05 bits per heavy atom. The predicted octanol–water partition coefficient (Wildman–Crippen LogP) is 0.886. The zero-order chi connectivity index (χ0) is 70.0. The van der Waals surface area contributed by atoms with E-state index in [1.54, 1.807) is 71.9 Å². The highest BCUT2D eigenvalue weighted by Gasteiger charge is 2.54. The summed E-state index contributed by atoms with van der Waals surface area (Å²) in [5.74, 6) is -13.5. The number of aromatic hydroxyl groups is 2. The quantitative estimate of drug-likeness (QED) is 0.0225. The fraction of sp³-hybridized carbons (Fsp3) is 0.455. The van der Waals surface area contributed by atoms with Crippen LogP contribution in [0, 0.1) is 17.8 Å². The lowest BCUT2D eigenvalue weighted by Crippen LogP contribution is -2.62. The van der Waals surface area contributed by atoms with Gasteiger partial charge in [-0.1, -0.05) is 90.8 Å². The molecule has 0 fully saturated rings. The number of esters is 1. The number of unbranched alkanes of at least 4 members (excludes halogenated alkanes) is 1.